The van der Waals surface area contributed by atoms with Crippen LogP contribution in [0.4, 0.5) is 23.2 Å². The summed E-state index contributed by atoms with van der Waals surface area (Å²) in [7, 11) is 1.37. The van der Waals surface area contributed by atoms with Gasteiger partial charge in [-0.25, -0.2) is 8.78 Å². The van der Waals surface area contributed by atoms with Gasteiger partial charge in [0.1, 0.15) is 18.7 Å². The average Bonchev–Trinajstić information content (AvgIpc) is 2.96. The zero-order valence-corrected chi connectivity index (χ0v) is 23.1. The highest BCUT2D eigenvalue weighted by atomic mass is 19.2. The van der Waals surface area contributed by atoms with E-state index < -0.39 is 89.5 Å². The van der Waals surface area contributed by atoms with Gasteiger partial charge in [0.05, 0.1) is 12.1 Å². The fraction of sp³-hybridized carbons (Fsp3) is 0.276. The topological polar surface area (TPSA) is 142 Å². The molecule has 0 saturated carbocycles. The number of carboxylic acids is 1. The number of hydrogen-bond acceptors (Lipinski definition) is 6. The highest BCUT2D eigenvalue weighted by Crippen LogP contribution is 2.27. The highest BCUT2D eigenvalue weighted by Gasteiger charge is 2.33. The van der Waals surface area contributed by atoms with E-state index in [2.05, 4.69) is 15.4 Å². The molecule has 3 aromatic carbocycles. The van der Waals surface area contributed by atoms with Gasteiger partial charge >= 0.3 is 17.8 Å². The van der Waals surface area contributed by atoms with Gasteiger partial charge in [-0.2, -0.15) is 8.78 Å². The number of nitrogens with zero attached hydrogens (tertiary/aromatic N) is 1. The zero-order chi connectivity index (χ0) is 32.0. The lowest BCUT2D eigenvalue weighted by Crippen LogP contribution is -2.56. The van der Waals surface area contributed by atoms with Crippen molar-refractivity contribution in [2.75, 3.05) is 18.6 Å². The van der Waals surface area contributed by atoms with Gasteiger partial charge in [0.2, 0.25) is 17.5 Å². The number of carbonyl (C=O) groups is 5. The summed E-state index contributed by atoms with van der Waals surface area (Å²) in [6.45, 7) is 1.73. The zero-order valence-electron chi connectivity index (χ0n) is 23.1. The molecule has 0 fully saturated rings. The number of carbonyl (C=O) groups excluding carboxylic acids is 4. The van der Waals surface area contributed by atoms with Crippen LogP contribution >= 0.6 is 0 Å². The minimum absolute atomic E-state index is 0.0717. The molecule has 3 rings (SSSR count). The summed E-state index contributed by atoms with van der Waals surface area (Å²) in [6.07, 6.45) is -1.02. The van der Waals surface area contributed by atoms with Crippen LogP contribution in [0.5, 0.6) is 5.75 Å². The summed E-state index contributed by atoms with van der Waals surface area (Å²) in [5.41, 5.74) is 0.418. The number of nitrogens with one attached hydrogen (secondary N) is 2. The lowest BCUT2D eigenvalue weighted by molar-refractivity contribution is -0.141. The summed E-state index contributed by atoms with van der Waals surface area (Å²) in [5.74, 6) is -15.7. The maximum absolute atomic E-state index is 13.9. The standard InChI is InChI=1S/C29H27F4N3O7/c1-14(2)25(35-28(41)29(42)36(3)20-10-6-8-15-7-4-5-9-16(15)20)27(40)34-19(12-22(38)39)21(37)13-43-26-23(32)17(30)11-18(31)24(26)33/h4-11,14,19,25H,12-13H2,1-3H3,(H,34,40)(H,35,41)(H,38,39)/t19-,25-/m0/s1. The van der Waals surface area contributed by atoms with Crippen LogP contribution in [0.15, 0.2) is 48.5 Å². The Hall–Kier alpha value is -5.01. The second kappa shape index (κ2) is 13.8. The Kier molecular flexibility index (Phi) is 10.4. The van der Waals surface area contributed by atoms with Crippen molar-refractivity contribution in [1.82, 2.24) is 10.6 Å². The number of halogens is 4. The number of anilines is 1. The van der Waals surface area contributed by atoms with Gasteiger partial charge in [-0.1, -0.05) is 50.2 Å². The van der Waals surface area contributed by atoms with E-state index in [-0.39, 0.29) is 6.07 Å². The van der Waals surface area contributed by atoms with Crippen LogP contribution in [0, 0.1) is 29.2 Å². The number of benzene rings is 3. The Labute approximate surface area is 242 Å². The molecule has 3 aromatic rings. The monoisotopic (exact) mass is 605 g/mol. The summed E-state index contributed by atoms with van der Waals surface area (Å²) < 4.78 is 59.3. The number of aliphatic carboxylic acids is 1. The van der Waals surface area contributed by atoms with Crippen LogP contribution in [0.25, 0.3) is 10.8 Å². The maximum atomic E-state index is 13.9. The van der Waals surface area contributed by atoms with E-state index in [1.165, 1.54) is 20.9 Å². The summed E-state index contributed by atoms with van der Waals surface area (Å²) in [5, 5.41) is 15.1. The molecule has 0 spiro atoms. The lowest BCUT2D eigenvalue weighted by Gasteiger charge is -2.25. The van der Waals surface area contributed by atoms with Crippen LogP contribution in [0.1, 0.15) is 20.3 Å². The van der Waals surface area contributed by atoms with E-state index in [1.54, 1.807) is 30.3 Å². The van der Waals surface area contributed by atoms with Gasteiger partial charge in [0, 0.05) is 18.5 Å². The van der Waals surface area contributed by atoms with Crippen molar-refractivity contribution in [1.29, 1.82) is 0 Å². The van der Waals surface area contributed by atoms with Crippen molar-refractivity contribution < 1.29 is 51.4 Å². The van der Waals surface area contributed by atoms with Crippen molar-refractivity contribution >= 4 is 45.9 Å². The molecule has 43 heavy (non-hydrogen) atoms. The SMILES string of the molecule is CC(C)[C@H](NC(=O)C(=O)N(C)c1cccc2ccccc12)C(=O)N[C@@H](CC(=O)O)C(=O)COc1c(F)c(F)cc(F)c1F. The number of hydrogen-bond donors (Lipinski definition) is 3. The Bertz CT molecular complexity index is 1550. The van der Waals surface area contributed by atoms with Crippen LogP contribution in [-0.2, 0) is 24.0 Å². The van der Waals surface area contributed by atoms with E-state index in [1.807, 2.05) is 12.1 Å². The van der Waals surface area contributed by atoms with E-state index >= 15 is 0 Å². The Balaban J connectivity index is 1.74. The molecule has 0 unspecified atom stereocenters. The molecular formula is C29H27F4N3O7. The third kappa shape index (κ3) is 7.64. The fourth-order valence-electron chi connectivity index (χ4n) is 4.10. The number of rotatable bonds is 11. The van der Waals surface area contributed by atoms with Crippen LogP contribution in [0.2, 0.25) is 0 Å². The molecule has 3 amide bonds. The Morgan fingerprint density at radius 2 is 1.51 bits per heavy atom. The van der Waals surface area contributed by atoms with Gasteiger partial charge in [-0.15, -0.1) is 0 Å². The molecule has 0 bridgehead atoms. The van der Waals surface area contributed by atoms with Crippen molar-refractivity contribution in [3.63, 3.8) is 0 Å². The lowest BCUT2D eigenvalue weighted by atomic mass is 10.0. The molecule has 228 valence electrons. The summed E-state index contributed by atoms with van der Waals surface area (Å²) >= 11 is 0. The largest absolute Gasteiger partial charge is 0.481 e. The first kappa shape index (κ1) is 32.5. The van der Waals surface area contributed by atoms with Crippen molar-refractivity contribution in [2.45, 2.75) is 32.4 Å². The molecule has 0 aliphatic carbocycles. The third-order valence-corrected chi connectivity index (χ3v) is 6.38. The number of fused-ring (bicyclic) bond motifs is 1. The van der Waals surface area contributed by atoms with Crippen molar-refractivity contribution in [2.24, 2.45) is 5.92 Å². The molecule has 10 nitrogen and oxygen atoms in total. The van der Waals surface area contributed by atoms with Gasteiger partial charge in [-0.3, -0.25) is 24.0 Å². The van der Waals surface area contributed by atoms with E-state index in [4.69, 9.17) is 0 Å². The van der Waals surface area contributed by atoms with Gasteiger partial charge in [-0.05, 0) is 17.4 Å². The van der Waals surface area contributed by atoms with E-state index in [0.29, 0.717) is 11.1 Å². The summed E-state index contributed by atoms with van der Waals surface area (Å²) in [6, 6.07) is 8.92. The molecule has 0 aromatic heterocycles. The second-order valence-corrected chi connectivity index (χ2v) is 9.77. The van der Waals surface area contributed by atoms with Crippen LogP contribution in [0.3, 0.4) is 0 Å². The van der Waals surface area contributed by atoms with E-state index in [0.717, 1.165) is 10.3 Å². The molecule has 0 aliphatic heterocycles. The summed E-state index contributed by atoms with van der Waals surface area (Å²) in [4.78, 5) is 64.1. The maximum Gasteiger partial charge on any atom is 0.316 e. The number of ketones is 1. The normalized spacial score (nSPS) is 12.4. The number of ether oxygens (including phenoxy) is 1. The van der Waals surface area contributed by atoms with Gasteiger partial charge in [0.15, 0.2) is 23.2 Å². The number of likely N-dealkylation sites (N-methyl/N-ethyl adjacent to an activating group) is 1. The smallest absolute Gasteiger partial charge is 0.316 e. The fourth-order valence-corrected chi connectivity index (χ4v) is 4.10. The predicted octanol–water partition coefficient (Wildman–Crippen LogP) is 3.11. The first-order valence-electron chi connectivity index (χ1n) is 12.8. The predicted molar refractivity (Wildman–Crippen MR) is 145 cm³/mol. The molecule has 14 heteroatoms. The first-order chi connectivity index (χ1) is 20.2. The molecular weight excluding hydrogens is 578 g/mol. The Morgan fingerprint density at radius 3 is 2.12 bits per heavy atom. The quantitative estimate of drug-likeness (QED) is 0.173. The molecule has 0 heterocycles. The number of carboxylic acid groups (broad SMARTS) is 1. The Morgan fingerprint density at radius 1 is 0.907 bits per heavy atom. The molecule has 0 aliphatic rings. The number of Topliss-reactive ketones (excluding diaryl/α,β-unsaturated/α-hetero) is 1. The molecule has 0 radical (unpaired) electrons. The van der Waals surface area contributed by atoms with Crippen molar-refractivity contribution in [3.05, 3.63) is 71.8 Å². The average molecular weight is 606 g/mol. The van der Waals surface area contributed by atoms with E-state index in [9.17, 15) is 46.6 Å². The first-order valence-corrected chi connectivity index (χ1v) is 12.8. The third-order valence-electron chi connectivity index (χ3n) is 6.38. The van der Waals surface area contributed by atoms with Crippen LogP contribution < -0.4 is 20.3 Å². The minimum atomic E-state index is -1.92. The van der Waals surface area contributed by atoms with Crippen LogP contribution in [-0.4, -0.2) is 60.3 Å². The molecule has 0 saturated heterocycles. The minimum Gasteiger partial charge on any atom is -0.481 e. The van der Waals surface area contributed by atoms with Gasteiger partial charge in [0.25, 0.3) is 0 Å². The number of amides is 3. The second-order valence-electron chi connectivity index (χ2n) is 9.77. The van der Waals surface area contributed by atoms with Gasteiger partial charge < -0.3 is 25.4 Å². The van der Waals surface area contributed by atoms with Crippen molar-refractivity contribution in [3.8, 4) is 5.75 Å². The molecule has 2 atom stereocenters. The molecule has 3 N–H and O–H groups in total. The highest BCUT2D eigenvalue weighted by molar-refractivity contribution is 6.41.